The van der Waals surface area contributed by atoms with Gasteiger partial charge in [-0.05, 0) is 33.7 Å². The Balaban J connectivity index is 2.41. The van der Waals surface area contributed by atoms with Crippen molar-refractivity contribution in [2.75, 3.05) is 39.3 Å². The molecule has 0 amide bonds. The first-order chi connectivity index (χ1) is 8.50. The van der Waals surface area contributed by atoms with Crippen LogP contribution in [-0.4, -0.2) is 60.6 Å². The molecule has 1 rings (SSSR count). The number of rotatable bonds is 6. The summed E-state index contributed by atoms with van der Waals surface area (Å²) in [5, 5.41) is 12.7. The maximum absolute atomic E-state index is 9.33. The van der Waals surface area contributed by atoms with Gasteiger partial charge in [-0.2, -0.15) is 5.26 Å². The standard InChI is InChI=1S/C14H28N4/c1-5-6-16-14(4,11-15)12-17-7-9-18(10-8-17)13(2)3/h13,16H,5-10,12H2,1-4H3. The number of piperazine rings is 1. The van der Waals surface area contributed by atoms with Gasteiger partial charge in [0.2, 0.25) is 0 Å². The number of hydrogen-bond donors (Lipinski definition) is 1. The minimum absolute atomic E-state index is 0.407. The molecule has 0 spiro atoms. The van der Waals surface area contributed by atoms with Gasteiger partial charge >= 0.3 is 0 Å². The Morgan fingerprint density at radius 3 is 2.33 bits per heavy atom. The fraction of sp³-hybridized carbons (Fsp3) is 0.929. The monoisotopic (exact) mass is 252 g/mol. The first-order valence-electron chi connectivity index (χ1n) is 7.13. The van der Waals surface area contributed by atoms with Crippen molar-refractivity contribution in [1.29, 1.82) is 5.26 Å². The van der Waals surface area contributed by atoms with E-state index in [1.165, 1.54) is 0 Å². The van der Waals surface area contributed by atoms with E-state index in [-0.39, 0.29) is 0 Å². The average Bonchev–Trinajstić information content (AvgIpc) is 2.37. The van der Waals surface area contributed by atoms with Crippen molar-refractivity contribution in [2.24, 2.45) is 0 Å². The molecular formula is C14H28N4. The van der Waals surface area contributed by atoms with Crippen LogP contribution in [0.15, 0.2) is 0 Å². The molecule has 4 heteroatoms. The first-order valence-corrected chi connectivity index (χ1v) is 7.13. The largest absolute Gasteiger partial charge is 0.299 e. The molecule has 1 N–H and O–H groups in total. The molecule has 1 aliphatic heterocycles. The lowest BCUT2D eigenvalue weighted by Crippen LogP contribution is -2.56. The summed E-state index contributed by atoms with van der Waals surface area (Å²) in [7, 11) is 0. The zero-order valence-electron chi connectivity index (χ0n) is 12.4. The molecule has 104 valence electrons. The van der Waals surface area contributed by atoms with E-state index in [2.05, 4.69) is 42.0 Å². The van der Waals surface area contributed by atoms with Crippen molar-refractivity contribution in [3.05, 3.63) is 0 Å². The van der Waals surface area contributed by atoms with E-state index in [4.69, 9.17) is 0 Å². The second-order valence-electron chi connectivity index (χ2n) is 5.78. The van der Waals surface area contributed by atoms with Crippen LogP contribution in [0.4, 0.5) is 0 Å². The molecular weight excluding hydrogens is 224 g/mol. The third-order valence-corrected chi connectivity index (χ3v) is 3.69. The zero-order valence-corrected chi connectivity index (χ0v) is 12.4. The quantitative estimate of drug-likeness (QED) is 0.773. The van der Waals surface area contributed by atoms with Gasteiger partial charge in [0.15, 0.2) is 0 Å². The Morgan fingerprint density at radius 2 is 1.89 bits per heavy atom. The van der Waals surface area contributed by atoms with Crippen molar-refractivity contribution in [2.45, 2.75) is 45.7 Å². The van der Waals surface area contributed by atoms with E-state index >= 15 is 0 Å². The second kappa shape index (κ2) is 7.08. The van der Waals surface area contributed by atoms with Gasteiger partial charge in [-0.15, -0.1) is 0 Å². The van der Waals surface area contributed by atoms with Crippen molar-refractivity contribution in [3.63, 3.8) is 0 Å². The fourth-order valence-electron chi connectivity index (χ4n) is 2.42. The highest BCUT2D eigenvalue weighted by molar-refractivity contribution is 5.06. The highest BCUT2D eigenvalue weighted by atomic mass is 15.3. The lowest BCUT2D eigenvalue weighted by atomic mass is 10.0. The van der Waals surface area contributed by atoms with E-state index in [9.17, 15) is 5.26 Å². The minimum Gasteiger partial charge on any atom is -0.299 e. The summed E-state index contributed by atoms with van der Waals surface area (Å²) in [5.41, 5.74) is -0.407. The highest BCUT2D eigenvalue weighted by Crippen LogP contribution is 2.11. The third kappa shape index (κ3) is 4.56. The molecule has 1 saturated heterocycles. The van der Waals surface area contributed by atoms with Gasteiger partial charge in [0, 0.05) is 38.8 Å². The van der Waals surface area contributed by atoms with Crippen LogP contribution in [-0.2, 0) is 0 Å². The normalized spacial score (nSPS) is 21.8. The van der Waals surface area contributed by atoms with Gasteiger partial charge in [-0.3, -0.25) is 15.1 Å². The number of nitriles is 1. The number of hydrogen-bond acceptors (Lipinski definition) is 4. The maximum atomic E-state index is 9.33. The molecule has 1 unspecified atom stereocenters. The van der Waals surface area contributed by atoms with Gasteiger partial charge in [-0.1, -0.05) is 6.92 Å². The van der Waals surface area contributed by atoms with E-state index in [1.54, 1.807) is 0 Å². The lowest BCUT2D eigenvalue weighted by molar-refractivity contribution is 0.0952. The molecule has 1 fully saturated rings. The Morgan fingerprint density at radius 1 is 1.28 bits per heavy atom. The Labute approximate surface area is 112 Å². The summed E-state index contributed by atoms with van der Waals surface area (Å²) in [6.45, 7) is 14.8. The van der Waals surface area contributed by atoms with Gasteiger partial charge in [0.25, 0.3) is 0 Å². The van der Waals surface area contributed by atoms with Crippen LogP contribution >= 0.6 is 0 Å². The molecule has 1 heterocycles. The first kappa shape index (κ1) is 15.4. The Kier molecular flexibility index (Phi) is 6.07. The number of nitrogens with zero attached hydrogens (tertiary/aromatic N) is 3. The molecule has 4 nitrogen and oxygen atoms in total. The van der Waals surface area contributed by atoms with E-state index in [0.29, 0.717) is 6.04 Å². The predicted octanol–water partition coefficient (Wildman–Crippen LogP) is 1.29. The molecule has 0 aromatic carbocycles. The van der Waals surface area contributed by atoms with E-state index < -0.39 is 5.54 Å². The summed E-state index contributed by atoms with van der Waals surface area (Å²) in [6, 6.07) is 3.06. The van der Waals surface area contributed by atoms with Crippen molar-refractivity contribution >= 4 is 0 Å². The minimum atomic E-state index is -0.407. The van der Waals surface area contributed by atoms with Crippen molar-refractivity contribution in [3.8, 4) is 6.07 Å². The molecule has 0 saturated carbocycles. The van der Waals surface area contributed by atoms with Crippen LogP contribution in [0, 0.1) is 11.3 Å². The van der Waals surface area contributed by atoms with Crippen LogP contribution in [0.25, 0.3) is 0 Å². The zero-order chi connectivity index (χ0) is 13.6. The van der Waals surface area contributed by atoms with Crippen LogP contribution in [0.2, 0.25) is 0 Å². The molecule has 0 aromatic rings. The smallest absolute Gasteiger partial charge is 0.116 e. The van der Waals surface area contributed by atoms with Crippen molar-refractivity contribution < 1.29 is 0 Å². The molecule has 1 atom stereocenters. The summed E-state index contributed by atoms with van der Waals surface area (Å²) in [4.78, 5) is 4.91. The Bertz CT molecular complexity index is 276. The van der Waals surface area contributed by atoms with E-state index in [1.807, 2.05) is 6.92 Å². The summed E-state index contributed by atoms with van der Waals surface area (Å²) in [5.74, 6) is 0. The molecule has 18 heavy (non-hydrogen) atoms. The van der Waals surface area contributed by atoms with Crippen molar-refractivity contribution in [1.82, 2.24) is 15.1 Å². The molecule has 0 radical (unpaired) electrons. The van der Waals surface area contributed by atoms with E-state index in [0.717, 1.165) is 45.7 Å². The third-order valence-electron chi connectivity index (χ3n) is 3.69. The molecule has 1 aliphatic rings. The predicted molar refractivity (Wildman–Crippen MR) is 75.5 cm³/mol. The summed E-state index contributed by atoms with van der Waals surface area (Å²) < 4.78 is 0. The number of nitrogens with one attached hydrogen (secondary N) is 1. The molecule has 0 bridgehead atoms. The summed E-state index contributed by atoms with van der Waals surface area (Å²) >= 11 is 0. The topological polar surface area (TPSA) is 42.3 Å². The molecule has 0 aromatic heterocycles. The fourth-order valence-corrected chi connectivity index (χ4v) is 2.42. The SMILES string of the molecule is CCCNC(C)(C#N)CN1CCN(C(C)C)CC1. The second-order valence-corrected chi connectivity index (χ2v) is 5.78. The van der Waals surface area contributed by atoms with Crippen LogP contribution in [0.3, 0.4) is 0 Å². The average molecular weight is 252 g/mol. The highest BCUT2D eigenvalue weighted by Gasteiger charge is 2.28. The van der Waals surface area contributed by atoms with Gasteiger partial charge in [0.1, 0.15) is 5.54 Å². The van der Waals surface area contributed by atoms with Crippen LogP contribution in [0.1, 0.15) is 34.1 Å². The maximum Gasteiger partial charge on any atom is 0.116 e. The van der Waals surface area contributed by atoms with Crippen LogP contribution in [0.5, 0.6) is 0 Å². The van der Waals surface area contributed by atoms with Gasteiger partial charge in [-0.25, -0.2) is 0 Å². The van der Waals surface area contributed by atoms with Crippen LogP contribution < -0.4 is 5.32 Å². The molecule has 0 aliphatic carbocycles. The summed E-state index contributed by atoms with van der Waals surface area (Å²) in [6.07, 6.45) is 1.07. The lowest BCUT2D eigenvalue weighted by Gasteiger charge is -2.39. The Hall–Kier alpha value is -0.630. The van der Waals surface area contributed by atoms with Gasteiger partial charge in [0.05, 0.1) is 6.07 Å². The van der Waals surface area contributed by atoms with Gasteiger partial charge < -0.3 is 0 Å².